The number of rotatable bonds is 7. The van der Waals surface area contributed by atoms with Crippen molar-refractivity contribution in [2.45, 2.75) is 31.6 Å². The molecule has 1 aliphatic rings. The highest BCUT2D eigenvalue weighted by Gasteiger charge is 2.25. The number of hydrogen-bond acceptors (Lipinski definition) is 5. The average molecular weight is 407 g/mol. The summed E-state index contributed by atoms with van der Waals surface area (Å²) >= 11 is 0. The van der Waals surface area contributed by atoms with Crippen molar-refractivity contribution in [2.24, 2.45) is 5.92 Å². The van der Waals surface area contributed by atoms with Gasteiger partial charge in [-0.25, -0.2) is 13.1 Å². The number of aryl methyl sites for hydroxylation is 1. The molecule has 28 heavy (non-hydrogen) atoms. The zero-order valence-electron chi connectivity index (χ0n) is 16.2. The molecule has 0 unspecified atom stereocenters. The zero-order chi connectivity index (χ0) is 20.1. The van der Waals surface area contributed by atoms with Gasteiger partial charge in [0.05, 0.1) is 23.3 Å². The Bertz CT molecular complexity index is 901. The normalized spacial score (nSPS) is 15.6. The van der Waals surface area contributed by atoms with Gasteiger partial charge in [-0.1, -0.05) is 0 Å². The number of ether oxygens (including phenoxy) is 1. The maximum Gasteiger partial charge on any atom is 0.257 e. The lowest BCUT2D eigenvalue weighted by Gasteiger charge is -2.31. The van der Waals surface area contributed by atoms with Crippen molar-refractivity contribution in [3.63, 3.8) is 0 Å². The maximum absolute atomic E-state index is 12.6. The van der Waals surface area contributed by atoms with E-state index in [0.29, 0.717) is 37.6 Å². The molecule has 1 amide bonds. The molecule has 2 aromatic rings. The Labute approximate surface area is 165 Å². The van der Waals surface area contributed by atoms with Gasteiger partial charge in [-0.05, 0) is 62.4 Å². The van der Waals surface area contributed by atoms with Crippen LogP contribution in [0.25, 0.3) is 0 Å². The van der Waals surface area contributed by atoms with Crippen LogP contribution in [0.3, 0.4) is 0 Å². The molecule has 0 bridgehead atoms. The second-order valence-corrected chi connectivity index (χ2v) is 8.73. The number of sulfonamides is 1. The molecule has 1 saturated heterocycles. The summed E-state index contributed by atoms with van der Waals surface area (Å²) in [5.74, 6) is 0.848. The molecule has 1 aliphatic heterocycles. The molecule has 0 saturated carbocycles. The molecular formula is C20H26N2O5S. The topological polar surface area (TPSA) is 88.9 Å². The number of hydrogen-bond donors (Lipinski definition) is 1. The molecule has 8 heteroatoms. The van der Waals surface area contributed by atoms with E-state index in [1.807, 2.05) is 13.8 Å². The lowest BCUT2D eigenvalue weighted by atomic mass is 9.97. The van der Waals surface area contributed by atoms with Crippen LogP contribution in [0.5, 0.6) is 5.75 Å². The number of nitrogens with one attached hydrogen (secondary N) is 1. The van der Waals surface area contributed by atoms with E-state index in [9.17, 15) is 13.2 Å². The summed E-state index contributed by atoms with van der Waals surface area (Å²) in [4.78, 5) is 14.3. The maximum atomic E-state index is 12.6. The number of nitrogens with zero attached hydrogens (tertiary/aromatic N) is 1. The van der Waals surface area contributed by atoms with Crippen LogP contribution in [0.4, 0.5) is 0 Å². The van der Waals surface area contributed by atoms with Gasteiger partial charge in [0.25, 0.3) is 5.91 Å². The van der Waals surface area contributed by atoms with Crippen LogP contribution in [0, 0.1) is 12.8 Å². The van der Waals surface area contributed by atoms with Crippen LogP contribution in [0.15, 0.2) is 46.1 Å². The van der Waals surface area contributed by atoms with Crippen LogP contribution >= 0.6 is 0 Å². The Morgan fingerprint density at radius 1 is 1.29 bits per heavy atom. The highest BCUT2D eigenvalue weighted by Crippen LogP contribution is 2.23. The molecule has 152 valence electrons. The van der Waals surface area contributed by atoms with Crippen molar-refractivity contribution in [3.05, 3.63) is 47.9 Å². The first-order valence-electron chi connectivity index (χ1n) is 9.45. The summed E-state index contributed by atoms with van der Waals surface area (Å²) in [6.07, 6.45) is 4.45. The summed E-state index contributed by atoms with van der Waals surface area (Å²) in [6.45, 7) is 5.84. The Morgan fingerprint density at radius 2 is 2.04 bits per heavy atom. The van der Waals surface area contributed by atoms with Gasteiger partial charge in [-0.15, -0.1) is 0 Å². The number of benzene rings is 1. The molecule has 2 heterocycles. The molecular weight excluding hydrogens is 380 g/mol. The lowest BCUT2D eigenvalue weighted by molar-refractivity contribution is 0.0691. The van der Waals surface area contributed by atoms with Crippen LogP contribution < -0.4 is 9.46 Å². The molecule has 0 spiro atoms. The molecule has 3 rings (SSSR count). The minimum atomic E-state index is -3.58. The van der Waals surface area contributed by atoms with E-state index >= 15 is 0 Å². The van der Waals surface area contributed by atoms with Gasteiger partial charge in [0.2, 0.25) is 10.0 Å². The van der Waals surface area contributed by atoms with E-state index in [1.54, 1.807) is 29.2 Å². The molecule has 1 aromatic carbocycles. The van der Waals surface area contributed by atoms with Crippen LogP contribution in [0.1, 0.15) is 35.7 Å². The standard InChI is InChI=1S/C20H26N2O5S/c1-3-27-19-5-4-18(12-15(19)2)28(24,25)21-13-16-6-9-22(10-7-16)20(23)17-8-11-26-14-17/h4-5,8,11-12,14,16,21H,3,6-7,9-10,13H2,1-2H3. The smallest absolute Gasteiger partial charge is 0.257 e. The van der Waals surface area contributed by atoms with Crippen molar-refractivity contribution in [1.29, 1.82) is 0 Å². The number of piperidine rings is 1. The van der Waals surface area contributed by atoms with Crippen molar-refractivity contribution in [2.75, 3.05) is 26.2 Å². The predicted octanol–water partition coefficient (Wildman–Crippen LogP) is 2.82. The fraction of sp³-hybridized carbons (Fsp3) is 0.450. The minimum absolute atomic E-state index is 0.0438. The van der Waals surface area contributed by atoms with Crippen LogP contribution in [0.2, 0.25) is 0 Å². The van der Waals surface area contributed by atoms with Crippen molar-refractivity contribution in [1.82, 2.24) is 9.62 Å². The first-order valence-corrected chi connectivity index (χ1v) is 10.9. The zero-order valence-corrected chi connectivity index (χ0v) is 17.0. The van der Waals surface area contributed by atoms with E-state index in [1.165, 1.54) is 12.5 Å². The lowest BCUT2D eigenvalue weighted by Crippen LogP contribution is -2.41. The molecule has 7 nitrogen and oxygen atoms in total. The highest BCUT2D eigenvalue weighted by atomic mass is 32.2. The Balaban J connectivity index is 1.53. The summed E-state index contributed by atoms with van der Waals surface area (Å²) < 4.78 is 38.3. The summed E-state index contributed by atoms with van der Waals surface area (Å²) in [5, 5.41) is 0. The first-order chi connectivity index (χ1) is 13.4. The fourth-order valence-corrected chi connectivity index (χ4v) is 4.53. The summed E-state index contributed by atoms with van der Waals surface area (Å²) in [6, 6.07) is 6.53. The largest absolute Gasteiger partial charge is 0.494 e. The SMILES string of the molecule is CCOc1ccc(S(=O)(=O)NCC2CCN(C(=O)c3ccoc3)CC2)cc1C. The number of furan rings is 1. The predicted molar refractivity (Wildman–Crippen MR) is 105 cm³/mol. The highest BCUT2D eigenvalue weighted by molar-refractivity contribution is 7.89. The van der Waals surface area contributed by atoms with E-state index in [0.717, 1.165) is 18.4 Å². The van der Waals surface area contributed by atoms with Gasteiger partial charge in [0, 0.05) is 19.6 Å². The van der Waals surface area contributed by atoms with Gasteiger partial charge in [-0.2, -0.15) is 0 Å². The number of amides is 1. The third-order valence-corrected chi connectivity index (χ3v) is 6.41. The third kappa shape index (κ3) is 4.74. The van der Waals surface area contributed by atoms with Gasteiger partial charge >= 0.3 is 0 Å². The second-order valence-electron chi connectivity index (χ2n) is 6.96. The molecule has 0 aliphatic carbocycles. The van der Waals surface area contributed by atoms with E-state index < -0.39 is 10.0 Å². The van der Waals surface area contributed by atoms with Crippen LogP contribution in [-0.4, -0.2) is 45.5 Å². The number of carbonyl (C=O) groups excluding carboxylic acids is 1. The minimum Gasteiger partial charge on any atom is -0.494 e. The van der Waals surface area contributed by atoms with Crippen molar-refractivity contribution < 1.29 is 22.4 Å². The van der Waals surface area contributed by atoms with Crippen molar-refractivity contribution >= 4 is 15.9 Å². The quantitative estimate of drug-likeness (QED) is 0.764. The Hall–Kier alpha value is -2.32. The van der Waals surface area contributed by atoms with Gasteiger partial charge in [0.1, 0.15) is 12.0 Å². The molecule has 1 aromatic heterocycles. The second kappa shape index (κ2) is 8.79. The van der Waals surface area contributed by atoms with Crippen LogP contribution in [-0.2, 0) is 10.0 Å². The number of likely N-dealkylation sites (tertiary alicyclic amines) is 1. The first kappa shape index (κ1) is 20.4. The average Bonchev–Trinajstić information content (AvgIpc) is 3.23. The summed E-state index contributed by atoms with van der Waals surface area (Å²) in [7, 11) is -3.58. The molecule has 0 radical (unpaired) electrons. The van der Waals surface area contributed by atoms with Gasteiger partial charge < -0.3 is 14.1 Å². The van der Waals surface area contributed by atoms with E-state index in [4.69, 9.17) is 9.15 Å². The van der Waals surface area contributed by atoms with E-state index in [2.05, 4.69) is 4.72 Å². The Morgan fingerprint density at radius 3 is 2.64 bits per heavy atom. The molecule has 0 atom stereocenters. The monoisotopic (exact) mass is 406 g/mol. The third-order valence-electron chi connectivity index (χ3n) is 4.99. The fourth-order valence-electron chi connectivity index (χ4n) is 3.33. The number of carbonyl (C=O) groups is 1. The molecule has 1 fully saturated rings. The molecule has 1 N–H and O–H groups in total. The van der Waals surface area contributed by atoms with E-state index in [-0.39, 0.29) is 16.7 Å². The Kier molecular flexibility index (Phi) is 6.41. The summed E-state index contributed by atoms with van der Waals surface area (Å²) in [5.41, 5.74) is 1.33. The van der Waals surface area contributed by atoms with Crippen molar-refractivity contribution in [3.8, 4) is 5.75 Å². The van der Waals surface area contributed by atoms with Gasteiger partial charge in [-0.3, -0.25) is 4.79 Å². The van der Waals surface area contributed by atoms with Gasteiger partial charge in [0.15, 0.2) is 0 Å².